The largest absolute Gasteiger partial charge is 0.416 e. The molecule has 2 aromatic rings. The summed E-state index contributed by atoms with van der Waals surface area (Å²) < 4.78 is 38.8. The van der Waals surface area contributed by atoms with E-state index in [4.69, 9.17) is 5.73 Å². The Morgan fingerprint density at radius 3 is 2.47 bits per heavy atom. The second kappa shape index (κ2) is 5.42. The van der Waals surface area contributed by atoms with Gasteiger partial charge in [0.25, 0.3) is 0 Å². The third-order valence-corrected chi connectivity index (χ3v) is 4.15. The zero-order valence-electron chi connectivity index (χ0n) is 9.41. The van der Waals surface area contributed by atoms with E-state index in [9.17, 15) is 13.2 Å². The van der Waals surface area contributed by atoms with Gasteiger partial charge in [-0.25, -0.2) is 4.98 Å². The van der Waals surface area contributed by atoms with E-state index in [-0.39, 0.29) is 10.8 Å². The number of hydrogen-bond acceptors (Lipinski definition) is 3. The second-order valence-electron chi connectivity index (χ2n) is 3.65. The van der Waals surface area contributed by atoms with Gasteiger partial charge in [-0.1, -0.05) is 23.9 Å². The number of hydrogen-bond donors (Lipinski definition) is 1. The van der Waals surface area contributed by atoms with Crippen molar-refractivity contribution in [3.05, 3.63) is 46.4 Å². The van der Waals surface area contributed by atoms with Crippen LogP contribution in [0.5, 0.6) is 0 Å². The molecule has 0 radical (unpaired) electrons. The van der Waals surface area contributed by atoms with Crippen LogP contribution < -0.4 is 5.73 Å². The van der Waals surface area contributed by atoms with Crippen molar-refractivity contribution < 1.29 is 13.2 Å². The molecule has 0 unspecified atom stereocenters. The van der Waals surface area contributed by atoms with Gasteiger partial charge in [0.2, 0.25) is 0 Å². The van der Waals surface area contributed by atoms with Crippen molar-refractivity contribution in [1.82, 2.24) is 4.98 Å². The van der Waals surface area contributed by atoms with Gasteiger partial charge in [0.1, 0.15) is 10.8 Å². The summed E-state index contributed by atoms with van der Waals surface area (Å²) in [4.78, 5) is 4.68. The van der Waals surface area contributed by atoms with Crippen LogP contribution in [0.3, 0.4) is 0 Å². The molecule has 0 atom stereocenters. The van der Waals surface area contributed by atoms with Gasteiger partial charge in [-0.2, -0.15) is 13.2 Å². The molecule has 0 aliphatic heterocycles. The highest BCUT2D eigenvalue weighted by Crippen LogP contribution is 2.36. The normalized spacial score (nSPS) is 11.6. The molecule has 100 valence electrons. The van der Waals surface area contributed by atoms with Gasteiger partial charge in [0, 0.05) is 9.37 Å². The van der Waals surface area contributed by atoms with Crippen molar-refractivity contribution >= 4 is 33.5 Å². The van der Waals surface area contributed by atoms with Crippen LogP contribution in [-0.4, -0.2) is 4.98 Å². The molecule has 0 saturated heterocycles. The van der Waals surface area contributed by atoms with E-state index in [1.807, 2.05) is 6.07 Å². The van der Waals surface area contributed by atoms with Crippen LogP contribution in [-0.2, 0) is 6.18 Å². The van der Waals surface area contributed by atoms with Gasteiger partial charge in [0.05, 0.1) is 5.56 Å². The lowest BCUT2D eigenvalue weighted by molar-refractivity contribution is -0.137. The van der Waals surface area contributed by atoms with Crippen molar-refractivity contribution in [3.63, 3.8) is 0 Å². The van der Waals surface area contributed by atoms with Gasteiger partial charge in [0.15, 0.2) is 0 Å². The molecule has 1 aromatic heterocycles. The monoisotopic (exact) mass is 348 g/mol. The number of nitrogen functional groups attached to an aromatic ring is 1. The molecule has 1 aromatic carbocycles. The number of alkyl halides is 3. The van der Waals surface area contributed by atoms with Crippen LogP contribution in [0.1, 0.15) is 5.56 Å². The topological polar surface area (TPSA) is 38.9 Å². The predicted molar refractivity (Wildman–Crippen MR) is 71.9 cm³/mol. The zero-order valence-corrected chi connectivity index (χ0v) is 11.8. The van der Waals surface area contributed by atoms with E-state index in [0.29, 0.717) is 0 Å². The van der Waals surface area contributed by atoms with Gasteiger partial charge in [-0.05, 0) is 40.2 Å². The number of anilines is 1. The number of rotatable bonds is 2. The zero-order chi connectivity index (χ0) is 14.0. The van der Waals surface area contributed by atoms with E-state index < -0.39 is 11.7 Å². The van der Waals surface area contributed by atoms with E-state index in [0.717, 1.165) is 33.3 Å². The number of benzene rings is 1. The summed E-state index contributed by atoms with van der Waals surface area (Å²) in [5.41, 5.74) is 4.61. The molecule has 19 heavy (non-hydrogen) atoms. The van der Waals surface area contributed by atoms with Crippen molar-refractivity contribution in [2.24, 2.45) is 0 Å². The molecule has 0 amide bonds. The lowest BCUT2D eigenvalue weighted by Gasteiger charge is -2.10. The standard InChI is InChI=1S/C12H8BrF3N2S/c13-8-3-1-2-4-9(8)19-11-6-7(12(14,15)16)5-10(17)18-11/h1-6H,(H2,17,18). The number of pyridine rings is 1. The minimum absolute atomic E-state index is 0.149. The summed E-state index contributed by atoms with van der Waals surface area (Å²) in [6, 6.07) is 9.02. The summed E-state index contributed by atoms with van der Waals surface area (Å²) >= 11 is 4.45. The summed E-state index contributed by atoms with van der Waals surface area (Å²) in [5, 5.41) is 0.208. The van der Waals surface area contributed by atoms with E-state index in [2.05, 4.69) is 20.9 Å². The molecule has 0 bridgehead atoms. The lowest BCUT2D eigenvalue weighted by atomic mass is 10.2. The smallest absolute Gasteiger partial charge is 0.384 e. The minimum atomic E-state index is -4.43. The predicted octanol–water partition coefficient (Wildman–Crippen LogP) is 4.60. The summed E-state index contributed by atoms with van der Waals surface area (Å²) in [5.74, 6) is -0.149. The fraction of sp³-hybridized carbons (Fsp3) is 0.0833. The fourth-order valence-electron chi connectivity index (χ4n) is 1.38. The maximum absolute atomic E-state index is 12.7. The number of nitrogens with zero attached hydrogens (tertiary/aromatic N) is 1. The first-order chi connectivity index (χ1) is 8.86. The van der Waals surface area contributed by atoms with Crippen LogP contribution >= 0.6 is 27.7 Å². The summed E-state index contributed by atoms with van der Waals surface area (Å²) in [6.45, 7) is 0. The van der Waals surface area contributed by atoms with E-state index in [1.165, 1.54) is 0 Å². The molecule has 0 aliphatic rings. The van der Waals surface area contributed by atoms with Crippen LogP contribution in [0.15, 0.2) is 50.8 Å². The highest BCUT2D eigenvalue weighted by molar-refractivity contribution is 9.10. The van der Waals surface area contributed by atoms with Crippen molar-refractivity contribution in [2.45, 2.75) is 16.1 Å². The summed E-state index contributed by atoms with van der Waals surface area (Å²) in [7, 11) is 0. The third-order valence-electron chi connectivity index (χ3n) is 2.20. The average molecular weight is 349 g/mol. The molecular formula is C12H8BrF3N2S. The maximum Gasteiger partial charge on any atom is 0.416 e. The average Bonchev–Trinajstić information content (AvgIpc) is 2.30. The van der Waals surface area contributed by atoms with E-state index >= 15 is 0 Å². The highest BCUT2D eigenvalue weighted by Gasteiger charge is 2.31. The highest BCUT2D eigenvalue weighted by atomic mass is 79.9. The number of halogens is 4. The fourth-order valence-corrected chi connectivity index (χ4v) is 2.78. The van der Waals surface area contributed by atoms with Crippen LogP contribution in [0, 0.1) is 0 Å². The van der Waals surface area contributed by atoms with Crippen LogP contribution in [0.2, 0.25) is 0 Å². The molecule has 0 aliphatic carbocycles. The first-order valence-corrected chi connectivity index (χ1v) is 6.74. The Labute approximate surface area is 120 Å². The maximum atomic E-state index is 12.7. The molecule has 2 rings (SSSR count). The Hall–Kier alpha value is -1.21. The number of nitrogens with two attached hydrogens (primary N) is 1. The number of aromatic nitrogens is 1. The Morgan fingerprint density at radius 2 is 1.84 bits per heavy atom. The van der Waals surface area contributed by atoms with Crippen LogP contribution in [0.25, 0.3) is 0 Å². The molecular weight excluding hydrogens is 341 g/mol. The molecule has 0 fully saturated rings. The molecule has 0 saturated carbocycles. The van der Waals surface area contributed by atoms with Gasteiger partial charge in [-0.3, -0.25) is 0 Å². The molecule has 7 heteroatoms. The SMILES string of the molecule is Nc1cc(C(F)(F)F)cc(Sc2ccccc2Br)n1. The molecule has 0 spiro atoms. The molecule has 2 N–H and O–H groups in total. The first-order valence-electron chi connectivity index (χ1n) is 5.13. The van der Waals surface area contributed by atoms with Crippen LogP contribution in [0.4, 0.5) is 19.0 Å². The van der Waals surface area contributed by atoms with Crippen molar-refractivity contribution in [3.8, 4) is 0 Å². The van der Waals surface area contributed by atoms with Gasteiger partial charge in [-0.15, -0.1) is 0 Å². The molecule has 1 heterocycles. The van der Waals surface area contributed by atoms with Crippen molar-refractivity contribution in [2.75, 3.05) is 5.73 Å². The Bertz CT molecular complexity index is 602. The Balaban J connectivity index is 2.36. The Morgan fingerprint density at radius 1 is 1.16 bits per heavy atom. The van der Waals surface area contributed by atoms with Gasteiger partial charge >= 0.3 is 6.18 Å². The van der Waals surface area contributed by atoms with Crippen molar-refractivity contribution in [1.29, 1.82) is 0 Å². The van der Waals surface area contributed by atoms with Gasteiger partial charge < -0.3 is 5.73 Å². The second-order valence-corrected chi connectivity index (χ2v) is 5.57. The van der Waals surface area contributed by atoms with E-state index in [1.54, 1.807) is 18.2 Å². The first kappa shape index (κ1) is 14.2. The molecule has 2 nitrogen and oxygen atoms in total. The summed E-state index contributed by atoms with van der Waals surface area (Å²) in [6.07, 6.45) is -4.43. The third kappa shape index (κ3) is 3.63. The minimum Gasteiger partial charge on any atom is -0.384 e. The quantitative estimate of drug-likeness (QED) is 0.862. The Kier molecular flexibility index (Phi) is 4.05. The lowest BCUT2D eigenvalue weighted by Crippen LogP contribution is -2.07.